The summed E-state index contributed by atoms with van der Waals surface area (Å²) in [6.45, 7) is 1.22. The van der Waals surface area contributed by atoms with Crippen molar-refractivity contribution in [2.45, 2.75) is 19.6 Å². The standard InChI is InChI=1S/C11H14N2O5/c1-7(11(15)12-2)18-10-5-8(6-14)3-4-9(10)13(16)17/h3-5,7,14H,6H2,1-2H3,(H,12,15). The lowest BCUT2D eigenvalue weighted by molar-refractivity contribution is -0.386. The Balaban J connectivity index is 3.04. The molecule has 7 heteroatoms. The minimum Gasteiger partial charge on any atom is -0.474 e. The van der Waals surface area contributed by atoms with Crippen LogP contribution in [0.2, 0.25) is 0 Å². The van der Waals surface area contributed by atoms with Gasteiger partial charge in [-0.05, 0) is 24.6 Å². The predicted molar refractivity (Wildman–Crippen MR) is 63.2 cm³/mol. The van der Waals surface area contributed by atoms with Crippen molar-refractivity contribution >= 4 is 11.6 Å². The van der Waals surface area contributed by atoms with E-state index in [1.165, 1.54) is 32.2 Å². The summed E-state index contributed by atoms with van der Waals surface area (Å²) in [7, 11) is 1.45. The molecule has 0 radical (unpaired) electrons. The van der Waals surface area contributed by atoms with Crippen molar-refractivity contribution in [2.75, 3.05) is 7.05 Å². The van der Waals surface area contributed by atoms with Gasteiger partial charge in [0.25, 0.3) is 5.91 Å². The SMILES string of the molecule is CNC(=O)C(C)Oc1cc(CO)ccc1[N+](=O)[O-]. The smallest absolute Gasteiger partial charge is 0.310 e. The van der Waals surface area contributed by atoms with E-state index < -0.39 is 16.9 Å². The molecule has 1 atom stereocenters. The van der Waals surface area contributed by atoms with E-state index in [9.17, 15) is 14.9 Å². The zero-order chi connectivity index (χ0) is 13.7. The number of benzene rings is 1. The van der Waals surface area contributed by atoms with Crippen LogP contribution in [0.15, 0.2) is 18.2 Å². The summed E-state index contributed by atoms with van der Waals surface area (Å²) in [4.78, 5) is 21.5. The molecule has 0 aliphatic rings. The lowest BCUT2D eigenvalue weighted by Gasteiger charge is -2.13. The van der Waals surface area contributed by atoms with Crippen LogP contribution in [0.4, 0.5) is 5.69 Å². The van der Waals surface area contributed by atoms with Gasteiger partial charge >= 0.3 is 5.69 Å². The van der Waals surface area contributed by atoms with Crippen molar-refractivity contribution in [1.82, 2.24) is 5.32 Å². The Labute approximate surface area is 104 Å². The van der Waals surface area contributed by atoms with Gasteiger partial charge in [0, 0.05) is 13.1 Å². The summed E-state index contributed by atoms with van der Waals surface area (Å²) in [5.41, 5.74) is 0.225. The highest BCUT2D eigenvalue weighted by atomic mass is 16.6. The number of carbonyl (C=O) groups excluding carboxylic acids is 1. The topological polar surface area (TPSA) is 102 Å². The Kier molecular flexibility index (Phi) is 4.61. The fraction of sp³-hybridized carbons (Fsp3) is 0.364. The molecule has 0 fully saturated rings. The highest BCUT2D eigenvalue weighted by molar-refractivity contribution is 5.80. The molecule has 0 aliphatic carbocycles. The molecule has 0 heterocycles. The first-order chi connectivity index (χ1) is 8.49. The number of amides is 1. The van der Waals surface area contributed by atoms with Crippen molar-refractivity contribution in [1.29, 1.82) is 0 Å². The third-order valence-electron chi connectivity index (χ3n) is 2.32. The zero-order valence-corrected chi connectivity index (χ0v) is 10.0. The lowest BCUT2D eigenvalue weighted by Crippen LogP contribution is -2.33. The molecule has 1 aromatic carbocycles. The Morgan fingerprint density at radius 2 is 2.28 bits per heavy atom. The number of nitro groups is 1. The number of ether oxygens (including phenoxy) is 1. The van der Waals surface area contributed by atoms with Gasteiger partial charge in [0.1, 0.15) is 0 Å². The summed E-state index contributed by atoms with van der Waals surface area (Å²) in [6, 6.07) is 4.00. The highest BCUT2D eigenvalue weighted by Crippen LogP contribution is 2.28. The average molecular weight is 254 g/mol. The highest BCUT2D eigenvalue weighted by Gasteiger charge is 2.20. The van der Waals surface area contributed by atoms with E-state index in [-0.39, 0.29) is 18.0 Å². The van der Waals surface area contributed by atoms with E-state index in [4.69, 9.17) is 9.84 Å². The third kappa shape index (κ3) is 3.17. The van der Waals surface area contributed by atoms with Gasteiger partial charge in [-0.1, -0.05) is 0 Å². The summed E-state index contributed by atoms with van der Waals surface area (Å²) in [6.07, 6.45) is -0.859. The van der Waals surface area contributed by atoms with Gasteiger partial charge in [0.15, 0.2) is 11.9 Å². The Morgan fingerprint density at radius 3 is 2.78 bits per heavy atom. The number of nitrogens with one attached hydrogen (secondary N) is 1. The number of rotatable bonds is 5. The van der Waals surface area contributed by atoms with Crippen molar-refractivity contribution in [3.8, 4) is 5.75 Å². The van der Waals surface area contributed by atoms with E-state index in [1.54, 1.807) is 0 Å². The van der Waals surface area contributed by atoms with Crippen molar-refractivity contribution in [3.05, 3.63) is 33.9 Å². The first-order valence-electron chi connectivity index (χ1n) is 5.26. The zero-order valence-electron chi connectivity index (χ0n) is 10.0. The molecule has 0 spiro atoms. The Hall–Kier alpha value is -2.15. The maximum atomic E-state index is 11.3. The molecule has 0 saturated heterocycles. The summed E-state index contributed by atoms with van der Waals surface area (Å²) in [5.74, 6) is -0.429. The Morgan fingerprint density at radius 1 is 1.61 bits per heavy atom. The normalized spacial score (nSPS) is 11.7. The average Bonchev–Trinajstić information content (AvgIpc) is 2.37. The minimum atomic E-state index is -0.859. The van der Waals surface area contributed by atoms with Gasteiger partial charge in [-0.2, -0.15) is 0 Å². The number of aliphatic hydroxyl groups is 1. The molecule has 98 valence electrons. The van der Waals surface area contributed by atoms with E-state index in [0.717, 1.165) is 0 Å². The predicted octanol–water partition coefficient (Wildman–Crippen LogP) is 0.600. The van der Waals surface area contributed by atoms with Gasteiger partial charge in [0.2, 0.25) is 0 Å². The van der Waals surface area contributed by atoms with E-state index >= 15 is 0 Å². The molecule has 0 saturated carbocycles. The molecule has 0 aromatic heterocycles. The molecule has 2 N–H and O–H groups in total. The number of aliphatic hydroxyl groups excluding tert-OH is 1. The summed E-state index contributed by atoms with van der Waals surface area (Å²) in [5, 5.41) is 22.2. The van der Waals surface area contributed by atoms with Crippen LogP contribution < -0.4 is 10.1 Å². The second kappa shape index (κ2) is 5.97. The molecule has 1 unspecified atom stereocenters. The molecule has 0 aliphatic heterocycles. The first-order valence-corrected chi connectivity index (χ1v) is 5.26. The monoisotopic (exact) mass is 254 g/mol. The van der Waals surface area contributed by atoms with Crippen LogP contribution in [0.5, 0.6) is 5.75 Å². The quantitative estimate of drug-likeness (QED) is 0.591. The lowest BCUT2D eigenvalue weighted by atomic mass is 10.2. The van der Waals surface area contributed by atoms with E-state index in [0.29, 0.717) is 5.56 Å². The molecule has 7 nitrogen and oxygen atoms in total. The van der Waals surface area contributed by atoms with E-state index in [2.05, 4.69) is 5.32 Å². The molecule has 1 amide bonds. The van der Waals surface area contributed by atoms with Crippen LogP contribution in [-0.4, -0.2) is 29.1 Å². The molecular weight excluding hydrogens is 240 g/mol. The van der Waals surface area contributed by atoms with E-state index in [1.807, 2.05) is 0 Å². The van der Waals surface area contributed by atoms with Gasteiger partial charge in [-0.15, -0.1) is 0 Å². The molecule has 1 aromatic rings. The van der Waals surface area contributed by atoms with Crippen LogP contribution >= 0.6 is 0 Å². The van der Waals surface area contributed by atoms with Crippen molar-refractivity contribution in [3.63, 3.8) is 0 Å². The van der Waals surface area contributed by atoms with Gasteiger partial charge in [-0.3, -0.25) is 14.9 Å². The number of nitrogens with zero attached hydrogens (tertiary/aromatic N) is 1. The fourth-order valence-corrected chi connectivity index (χ4v) is 1.35. The third-order valence-corrected chi connectivity index (χ3v) is 2.32. The van der Waals surface area contributed by atoms with Crippen LogP contribution in [-0.2, 0) is 11.4 Å². The largest absolute Gasteiger partial charge is 0.474 e. The number of carbonyl (C=O) groups is 1. The minimum absolute atomic E-state index is 0.0392. The molecule has 1 rings (SSSR count). The summed E-state index contributed by atoms with van der Waals surface area (Å²) < 4.78 is 5.24. The summed E-state index contributed by atoms with van der Waals surface area (Å²) >= 11 is 0. The second-order valence-electron chi connectivity index (χ2n) is 3.59. The number of hydrogen-bond acceptors (Lipinski definition) is 5. The molecule has 18 heavy (non-hydrogen) atoms. The van der Waals surface area contributed by atoms with Crippen molar-refractivity contribution in [2.24, 2.45) is 0 Å². The number of likely N-dealkylation sites (N-methyl/N-ethyl adjacent to an activating group) is 1. The number of hydrogen-bond donors (Lipinski definition) is 2. The number of nitro benzene ring substituents is 1. The van der Waals surface area contributed by atoms with Crippen LogP contribution in [0.1, 0.15) is 12.5 Å². The van der Waals surface area contributed by atoms with Crippen molar-refractivity contribution < 1.29 is 19.6 Å². The molecule has 0 bridgehead atoms. The maximum absolute atomic E-state index is 11.3. The second-order valence-corrected chi connectivity index (χ2v) is 3.59. The first kappa shape index (κ1) is 13.9. The van der Waals surface area contributed by atoms with Gasteiger partial charge in [-0.25, -0.2) is 0 Å². The fourth-order valence-electron chi connectivity index (χ4n) is 1.35. The molecular formula is C11H14N2O5. The van der Waals surface area contributed by atoms with Crippen LogP contribution in [0.3, 0.4) is 0 Å². The van der Waals surface area contributed by atoms with Gasteiger partial charge < -0.3 is 15.2 Å². The Bertz CT molecular complexity index is 461. The maximum Gasteiger partial charge on any atom is 0.310 e. The van der Waals surface area contributed by atoms with Gasteiger partial charge in [0.05, 0.1) is 11.5 Å². The van der Waals surface area contributed by atoms with Crippen LogP contribution in [0.25, 0.3) is 0 Å². The van der Waals surface area contributed by atoms with Crippen LogP contribution in [0, 0.1) is 10.1 Å².